The zero-order valence-electron chi connectivity index (χ0n) is 12.5. The van der Waals surface area contributed by atoms with E-state index in [2.05, 4.69) is 22.5 Å². The molecule has 0 aliphatic carbocycles. The molecule has 1 aromatic carbocycles. The molecule has 0 aromatic heterocycles. The summed E-state index contributed by atoms with van der Waals surface area (Å²) >= 11 is 0. The van der Waals surface area contributed by atoms with E-state index >= 15 is 0 Å². The Bertz CT molecular complexity index is 490. The van der Waals surface area contributed by atoms with Crippen LogP contribution >= 0.6 is 0 Å². The summed E-state index contributed by atoms with van der Waals surface area (Å²) in [6.07, 6.45) is 0. The van der Waals surface area contributed by atoms with Crippen molar-refractivity contribution in [3.63, 3.8) is 0 Å². The first-order valence-electron chi connectivity index (χ1n) is 7.19. The van der Waals surface area contributed by atoms with Gasteiger partial charge in [0.05, 0.1) is 13.2 Å². The highest BCUT2D eigenvalue weighted by atomic mass is 19.1. The van der Waals surface area contributed by atoms with Crippen molar-refractivity contribution in [3.8, 4) is 0 Å². The van der Waals surface area contributed by atoms with E-state index in [-0.39, 0.29) is 17.9 Å². The molecule has 1 aliphatic rings. The lowest BCUT2D eigenvalue weighted by molar-refractivity contribution is 0.0209. The molecule has 1 aliphatic heterocycles. The molecule has 116 valence electrons. The standard InChI is InChI=1S/C15H22FN3O2/c1-11-9-13(16)3-4-14(11)18-15(20)17-10-12(2)19-5-7-21-8-6-19/h3-4,9,12H,5-8,10H2,1-2H3,(H2,17,18,20)/t12-/m1/s1. The number of hydrogen-bond donors (Lipinski definition) is 2. The topological polar surface area (TPSA) is 53.6 Å². The molecule has 1 atom stereocenters. The Morgan fingerprint density at radius 2 is 2.14 bits per heavy atom. The molecule has 5 nitrogen and oxygen atoms in total. The van der Waals surface area contributed by atoms with E-state index in [4.69, 9.17) is 4.74 Å². The Hall–Kier alpha value is -1.66. The number of aryl methyl sites for hydroxylation is 1. The van der Waals surface area contributed by atoms with Crippen LogP contribution in [0.1, 0.15) is 12.5 Å². The molecule has 2 amide bonds. The third-order valence-corrected chi connectivity index (χ3v) is 3.66. The molecule has 21 heavy (non-hydrogen) atoms. The van der Waals surface area contributed by atoms with Crippen molar-refractivity contribution in [3.05, 3.63) is 29.6 Å². The second-order valence-electron chi connectivity index (χ2n) is 5.29. The summed E-state index contributed by atoms with van der Waals surface area (Å²) < 4.78 is 18.3. The second-order valence-corrected chi connectivity index (χ2v) is 5.29. The highest BCUT2D eigenvalue weighted by Gasteiger charge is 2.17. The second kappa shape index (κ2) is 7.38. The monoisotopic (exact) mass is 295 g/mol. The van der Waals surface area contributed by atoms with Crippen LogP contribution in [0.15, 0.2) is 18.2 Å². The zero-order chi connectivity index (χ0) is 15.2. The van der Waals surface area contributed by atoms with Gasteiger partial charge in [0.1, 0.15) is 5.82 Å². The molecule has 1 aromatic rings. The number of carbonyl (C=O) groups excluding carboxylic acids is 1. The third kappa shape index (κ3) is 4.68. The van der Waals surface area contributed by atoms with E-state index < -0.39 is 0 Å². The van der Waals surface area contributed by atoms with Crippen LogP contribution in [0.5, 0.6) is 0 Å². The van der Waals surface area contributed by atoms with Crippen molar-refractivity contribution in [2.75, 3.05) is 38.2 Å². The van der Waals surface area contributed by atoms with Gasteiger partial charge in [-0.2, -0.15) is 0 Å². The predicted octanol–water partition coefficient (Wildman–Crippen LogP) is 1.98. The Morgan fingerprint density at radius 3 is 2.81 bits per heavy atom. The maximum atomic E-state index is 13.0. The van der Waals surface area contributed by atoms with E-state index in [9.17, 15) is 9.18 Å². The number of urea groups is 1. The SMILES string of the molecule is Cc1cc(F)ccc1NC(=O)NC[C@@H](C)N1CCOCC1. The lowest BCUT2D eigenvalue weighted by Crippen LogP contribution is -2.47. The van der Waals surface area contributed by atoms with Gasteiger partial charge in [-0.05, 0) is 37.6 Å². The van der Waals surface area contributed by atoms with Crippen molar-refractivity contribution >= 4 is 11.7 Å². The van der Waals surface area contributed by atoms with E-state index in [0.717, 1.165) is 26.3 Å². The van der Waals surface area contributed by atoms with Crippen LogP contribution in [0.25, 0.3) is 0 Å². The molecule has 0 bridgehead atoms. The number of benzene rings is 1. The predicted molar refractivity (Wildman–Crippen MR) is 80.0 cm³/mol. The van der Waals surface area contributed by atoms with Gasteiger partial charge in [0.25, 0.3) is 0 Å². The van der Waals surface area contributed by atoms with Crippen LogP contribution in [-0.2, 0) is 4.74 Å². The number of nitrogens with zero attached hydrogens (tertiary/aromatic N) is 1. The summed E-state index contributed by atoms with van der Waals surface area (Å²) in [6, 6.07) is 4.28. The molecule has 2 rings (SSSR count). The van der Waals surface area contributed by atoms with Crippen LogP contribution in [0.4, 0.5) is 14.9 Å². The van der Waals surface area contributed by atoms with Gasteiger partial charge in [0, 0.05) is 31.4 Å². The average molecular weight is 295 g/mol. The molecule has 0 saturated carbocycles. The Labute approximate surface area is 124 Å². The number of hydrogen-bond acceptors (Lipinski definition) is 3. The highest BCUT2D eigenvalue weighted by molar-refractivity contribution is 5.90. The van der Waals surface area contributed by atoms with Crippen molar-refractivity contribution in [1.29, 1.82) is 0 Å². The number of carbonyl (C=O) groups is 1. The minimum atomic E-state index is -0.306. The van der Waals surface area contributed by atoms with Crippen LogP contribution in [0.2, 0.25) is 0 Å². The van der Waals surface area contributed by atoms with Crippen LogP contribution in [0, 0.1) is 12.7 Å². The molecule has 1 fully saturated rings. The molecule has 0 unspecified atom stereocenters. The summed E-state index contributed by atoms with van der Waals surface area (Å²) in [5.74, 6) is -0.306. The Morgan fingerprint density at radius 1 is 1.43 bits per heavy atom. The van der Waals surface area contributed by atoms with Gasteiger partial charge < -0.3 is 15.4 Å². The summed E-state index contributed by atoms with van der Waals surface area (Å²) in [4.78, 5) is 14.2. The van der Waals surface area contributed by atoms with Gasteiger partial charge >= 0.3 is 6.03 Å². The Balaban J connectivity index is 1.78. The number of halogens is 1. The fourth-order valence-electron chi connectivity index (χ4n) is 2.32. The molecule has 6 heteroatoms. The van der Waals surface area contributed by atoms with Gasteiger partial charge in [-0.15, -0.1) is 0 Å². The molecule has 1 heterocycles. The fraction of sp³-hybridized carbons (Fsp3) is 0.533. The number of rotatable bonds is 4. The van der Waals surface area contributed by atoms with Gasteiger partial charge in [-0.25, -0.2) is 9.18 Å². The van der Waals surface area contributed by atoms with Crippen LogP contribution in [-0.4, -0.2) is 49.8 Å². The molecule has 2 N–H and O–H groups in total. The summed E-state index contributed by atoms with van der Waals surface area (Å²) in [7, 11) is 0. The summed E-state index contributed by atoms with van der Waals surface area (Å²) in [5, 5.41) is 5.58. The molecular weight excluding hydrogens is 273 g/mol. The zero-order valence-corrected chi connectivity index (χ0v) is 12.5. The summed E-state index contributed by atoms with van der Waals surface area (Å²) in [5.41, 5.74) is 1.32. The maximum Gasteiger partial charge on any atom is 0.319 e. The van der Waals surface area contributed by atoms with E-state index in [1.54, 1.807) is 13.0 Å². The molecular formula is C15H22FN3O2. The average Bonchev–Trinajstić information content (AvgIpc) is 2.48. The summed E-state index contributed by atoms with van der Waals surface area (Å²) in [6.45, 7) is 7.66. The molecule has 0 radical (unpaired) electrons. The first-order valence-corrected chi connectivity index (χ1v) is 7.19. The molecule has 0 spiro atoms. The number of ether oxygens (including phenoxy) is 1. The van der Waals surface area contributed by atoms with Gasteiger partial charge in [-0.3, -0.25) is 4.90 Å². The van der Waals surface area contributed by atoms with E-state index in [1.165, 1.54) is 12.1 Å². The number of anilines is 1. The largest absolute Gasteiger partial charge is 0.379 e. The lowest BCUT2D eigenvalue weighted by Gasteiger charge is -2.32. The normalized spacial score (nSPS) is 17.3. The fourth-order valence-corrected chi connectivity index (χ4v) is 2.32. The minimum Gasteiger partial charge on any atom is -0.379 e. The lowest BCUT2D eigenvalue weighted by atomic mass is 10.2. The van der Waals surface area contributed by atoms with Gasteiger partial charge in [-0.1, -0.05) is 0 Å². The van der Waals surface area contributed by atoms with E-state index in [1.807, 2.05) is 0 Å². The quantitative estimate of drug-likeness (QED) is 0.893. The minimum absolute atomic E-state index is 0.258. The highest BCUT2D eigenvalue weighted by Crippen LogP contribution is 2.15. The number of nitrogens with one attached hydrogen (secondary N) is 2. The first-order chi connectivity index (χ1) is 10.1. The van der Waals surface area contributed by atoms with Crippen molar-refractivity contribution in [2.24, 2.45) is 0 Å². The van der Waals surface area contributed by atoms with Crippen molar-refractivity contribution in [1.82, 2.24) is 10.2 Å². The molecule has 1 saturated heterocycles. The van der Waals surface area contributed by atoms with Crippen LogP contribution in [0.3, 0.4) is 0 Å². The smallest absolute Gasteiger partial charge is 0.319 e. The maximum absolute atomic E-state index is 13.0. The van der Waals surface area contributed by atoms with Crippen molar-refractivity contribution < 1.29 is 13.9 Å². The first kappa shape index (κ1) is 15.7. The van der Waals surface area contributed by atoms with E-state index in [0.29, 0.717) is 17.8 Å². The van der Waals surface area contributed by atoms with Crippen LogP contribution < -0.4 is 10.6 Å². The van der Waals surface area contributed by atoms with Gasteiger partial charge in [0.2, 0.25) is 0 Å². The Kier molecular flexibility index (Phi) is 5.52. The third-order valence-electron chi connectivity index (χ3n) is 3.66. The van der Waals surface area contributed by atoms with Gasteiger partial charge in [0.15, 0.2) is 0 Å². The number of morpholine rings is 1. The van der Waals surface area contributed by atoms with Crippen molar-refractivity contribution in [2.45, 2.75) is 19.9 Å². The number of amides is 2.